The van der Waals surface area contributed by atoms with Gasteiger partial charge in [0.05, 0.1) is 0 Å². The van der Waals surface area contributed by atoms with Crippen LogP contribution in [-0.4, -0.2) is 53.6 Å². The molecule has 0 spiro atoms. The lowest BCUT2D eigenvalue weighted by Crippen LogP contribution is -2.32. The molecule has 0 bridgehead atoms. The maximum atomic E-state index is 13.1. The quantitative estimate of drug-likeness (QED) is 0.178. The van der Waals surface area contributed by atoms with E-state index in [9.17, 15) is 9.59 Å². The van der Waals surface area contributed by atoms with E-state index in [0.29, 0.717) is 39.8 Å². The van der Waals surface area contributed by atoms with Crippen LogP contribution in [0, 0.1) is 13.8 Å². The second kappa shape index (κ2) is 13.9. The molecule has 0 atom stereocenters. The summed E-state index contributed by atoms with van der Waals surface area (Å²) in [7, 11) is 0. The minimum Gasteiger partial charge on any atom is -0.302 e. The SMILES string of the molecule is CCN(CC)CCn1c(=O)c(-c2ccc(Cl)cc2)nc2cccnc21.Cc1ccc(-c2nc3cccnc3n(C3CC3)c2=O)c(C)c1. The fourth-order valence-corrected chi connectivity index (χ4v) is 5.95. The van der Waals surface area contributed by atoms with Crippen molar-refractivity contribution in [2.75, 3.05) is 19.6 Å². The molecule has 7 rings (SSSR count). The highest BCUT2D eigenvalue weighted by atomic mass is 35.5. The van der Waals surface area contributed by atoms with Crippen molar-refractivity contribution < 1.29 is 0 Å². The van der Waals surface area contributed by atoms with Gasteiger partial charge in [-0.15, -0.1) is 0 Å². The van der Waals surface area contributed by atoms with E-state index in [1.165, 1.54) is 5.56 Å². The first-order valence-corrected chi connectivity index (χ1v) is 16.5. The lowest BCUT2D eigenvalue weighted by Gasteiger charge is -2.19. The van der Waals surface area contributed by atoms with Gasteiger partial charge in [0.25, 0.3) is 11.1 Å². The number of halogens is 1. The summed E-state index contributed by atoms with van der Waals surface area (Å²) in [5.41, 5.74) is 7.56. The van der Waals surface area contributed by atoms with Gasteiger partial charge in [0.2, 0.25) is 0 Å². The van der Waals surface area contributed by atoms with Gasteiger partial charge in [0, 0.05) is 47.7 Å². The van der Waals surface area contributed by atoms with Crippen LogP contribution in [0.1, 0.15) is 43.9 Å². The number of hydrogen-bond donors (Lipinski definition) is 0. The monoisotopic (exact) mass is 647 g/mol. The first kappa shape index (κ1) is 32.2. The second-order valence-corrected chi connectivity index (χ2v) is 12.3. The molecular weight excluding hydrogens is 610 g/mol. The van der Waals surface area contributed by atoms with E-state index >= 15 is 0 Å². The molecule has 47 heavy (non-hydrogen) atoms. The third-order valence-electron chi connectivity index (χ3n) is 8.55. The first-order chi connectivity index (χ1) is 22.8. The average molecular weight is 648 g/mol. The zero-order valence-electron chi connectivity index (χ0n) is 27.2. The van der Waals surface area contributed by atoms with Crippen molar-refractivity contribution in [1.82, 2.24) is 34.0 Å². The van der Waals surface area contributed by atoms with Crippen LogP contribution in [-0.2, 0) is 6.54 Å². The molecule has 0 unspecified atom stereocenters. The predicted octanol–water partition coefficient (Wildman–Crippen LogP) is 6.86. The highest BCUT2D eigenvalue weighted by Crippen LogP contribution is 2.36. The number of benzene rings is 2. The number of aromatic nitrogens is 6. The Morgan fingerprint density at radius 1 is 0.809 bits per heavy atom. The van der Waals surface area contributed by atoms with Crippen LogP contribution in [0.3, 0.4) is 0 Å². The van der Waals surface area contributed by atoms with Crippen LogP contribution in [0.5, 0.6) is 0 Å². The van der Waals surface area contributed by atoms with E-state index in [1.807, 2.05) is 60.0 Å². The molecule has 0 N–H and O–H groups in total. The number of pyridine rings is 2. The summed E-state index contributed by atoms with van der Waals surface area (Å²) in [5, 5.41) is 0.632. The Morgan fingerprint density at radius 3 is 2.09 bits per heavy atom. The topological polar surface area (TPSA) is 98.8 Å². The lowest BCUT2D eigenvalue weighted by molar-refractivity contribution is 0.290. The smallest absolute Gasteiger partial charge is 0.279 e. The van der Waals surface area contributed by atoms with Crippen LogP contribution in [0.4, 0.5) is 0 Å². The third kappa shape index (κ3) is 6.87. The van der Waals surface area contributed by atoms with Crippen LogP contribution in [0.15, 0.2) is 88.7 Å². The molecular formula is C37H38ClN7O2. The van der Waals surface area contributed by atoms with Crippen molar-refractivity contribution >= 4 is 33.9 Å². The molecule has 2 aromatic carbocycles. The zero-order valence-corrected chi connectivity index (χ0v) is 27.9. The summed E-state index contributed by atoms with van der Waals surface area (Å²) in [6, 6.07) is 21.1. The van der Waals surface area contributed by atoms with Crippen LogP contribution >= 0.6 is 11.6 Å². The molecule has 1 aliphatic rings. The van der Waals surface area contributed by atoms with E-state index in [2.05, 4.69) is 51.7 Å². The zero-order chi connectivity index (χ0) is 33.1. The number of rotatable bonds is 8. The van der Waals surface area contributed by atoms with Gasteiger partial charge in [-0.2, -0.15) is 0 Å². The maximum absolute atomic E-state index is 13.1. The summed E-state index contributed by atoms with van der Waals surface area (Å²) >= 11 is 5.96. The van der Waals surface area contributed by atoms with Gasteiger partial charge < -0.3 is 4.90 Å². The summed E-state index contributed by atoms with van der Waals surface area (Å²) < 4.78 is 3.56. The highest BCUT2D eigenvalue weighted by molar-refractivity contribution is 6.30. The van der Waals surface area contributed by atoms with Gasteiger partial charge in [0.1, 0.15) is 22.4 Å². The summed E-state index contributed by atoms with van der Waals surface area (Å²) in [6.07, 6.45) is 5.50. The van der Waals surface area contributed by atoms with E-state index in [4.69, 9.17) is 11.6 Å². The van der Waals surface area contributed by atoms with Crippen molar-refractivity contribution in [2.24, 2.45) is 0 Å². The molecule has 0 radical (unpaired) electrons. The molecule has 1 saturated carbocycles. The van der Waals surface area contributed by atoms with Crippen molar-refractivity contribution in [2.45, 2.75) is 53.1 Å². The number of fused-ring (bicyclic) bond motifs is 2. The molecule has 6 aromatic rings. The fourth-order valence-electron chi connectivity index (χ4n) is 5.83. The Morgan fingerprint density at radius 2 is 1.45 bits per heavy atom. The van der Waals surface area contributed by atoms with E-state index < -0.39 is 0 Å². The minimum atomic E-state index is -0.124. The minimum absolute atomic E-state index is 0.0272. The fraction of sp³-hybridized carbons (Fsp3) is 0.297. The van der Waals surface area contributed by atoms with Crippen molar-refractivity contribution in [1.29, 1.82) is 0 Å². The first-order valence-electron chi connectivity index (χ1n) is 16.1. The van der Waals surface area contributed by atoms with Crippen molar-refractivity contribution in [3.8, 4) is 22.5 Å². The molecule has 10 heteroatoms. The summed E-state index contributed by atoms with van der Waals surface area (Å²) in [5.74, 6) is 0. The molecule has 0 saturated heterocycles. The van der Waals surface area contributed by atoms with Crippen LogP contribution < -0.4 is 11.1 Å². The van der Waals surface area contributed by atoms with Gasteiger partial charge in [-0.25, -0.2) is 19.9 Å². The number of aryl methyl sites for hydroxylation is 2. The third-order valence-corrected chi connectivity index (χ3v) is 8.80. The molecule has 4 heterocycles. The molecule has 1 aliphatic carbocycles. The summed E-state index contributed by atoms with van der Waals surface area (Å²) in [4.78, 5) is 46.2. The second-order valence-electron chi connectivity index (χ2n) is 11.8. The number of likely N-dealkylation sites (N-methyl/N-ethyl adjacent to an activating group) is 1. The molecule has 0 amide bonds. The standard InChI is InChI=1S/C19H21ClN4O.C18H17N3O/c1-3-23(4-2)12-13-24-18-16(6-5-11-21-18)22-17(19(24)25)14-7-9-15(20)10-8-14;1-11-5-8-14(12(2)10-11)16-18(22)21(13-6-7-13)17-15(20-16)4-3-9-19-17/h5-11H,3-4,12-13H2,1-2H3;3-5,8-10,13H,6-7H2,1-2H3. The Labute approximate surface area is 278 Å². The van der Waals surface area contributed by atoms with Crippen molar-refractivity contribution in [3.05, 3.63) is 116 Å². The Balaban J connectivity index is 0.000000165. The average Bonchev–Trinajstić information content (AvgIpc) is 3.92. The molecule has 1 fully saturated rings. The normalized spacial score (nSPS) is 12.8. The van der Waals surface area contributed by atoms with Crippen LogP contribution in [0.2, 0.25) is 5.02 Å². The van der Waals surface area contributed by atoms with Gasteiger partial charge >= 0.3 is 0 Å². The number of hydrogen-bond acceptors (Lipinski definition) is 7. The van der Waals surface area contributed by atoms with Gasteiger partial charge in [-0.1, -0.05) is 61.3 Å². The summed E-state index contributed by atoms with van der Waals surface area (Å²) in [6.45, 7) is 11.6. The van der Waals surface area contributed by atoms with Gasteiger partial charge in [-0.05, 0) is 81.7 Å². The Kier molecular flexibility index (Phi) is 9.56. The molecule has 0 aliphatic heterocycles. The lowest BCUT2D eigenvalue weighted by atomic mass is 10.0. The van der Waals surface area contributed by atoms with E-state index in [1.54, 1.807) is 29.1 Å². The van der Waals surface area contributed by atoms with Crippen molar-refractivity contribution in [3.63, 3.8) is 0 Å². The van der Waals surface area contributed by atoms with Gasteiger partial charge in [0.15, 0.2) is 11.3 Å². The molecule has 4 aromatic heterocycles. The largest absolute Gasteiger partial charge is 0.302 e. The Hall–Kier alpha value is -4.73. The number of nitrogens with zero attached hydrogens (tertiary/aromatic N) is 7. The van der Waals surface area contributed by atoms with E-state index in [0.717, 1.165) is 54.7 Å². The van der Waals surface area contributed by atoms with Crippen LogP contribution in [0.25, 0.3) is 44.8 Å². The van der Waals surface area contributed by atoms with E-state index in [-0.39, 0.29) is 17.2 Å². The molecule has 240 valence electrons. The predicted molar refractivity (Wildman–Crippen MR) is 189 cm³/mol. The Bertz CT molecular complexity index is 2170. The highest BCUT2D eigenvalue weighted by Gasteiger charge is 2.28. The maximum Gasteiger partial charge on any atom is 0.279 e. The van der Waals surface area contributed by atoms with Gasteiger partial charge in [-0.3, -0.25) is 18.7 Å². The molecule has 9 nitrogen and oxygen atoms in total.